The number of methoxy groups -OCH3 is 1. The number of fused-ring (bicyclic) bond motifs is 1. The molecule has 2 heterocycles. The molecule has 0 fully saturated rings. The van der Waals surface area contributed by atoms with Crippen LogP contribution in [0.1, 0.15) is 34.6 Å². The molecule has 0 radical (unpaired) electrons. The molecule has 0 unspecified atom stereocenters. The monoisotopic (exact) mass is 315 g/mol. The average molecular weight is 315 g/mol. The second-order valence-electron chi connectivity index (χ2n) is 5.82. The molecule has 0 aliphatic carbocycles. The Labute approximate surface area is 135 Å². The molecule has 2 aromatic rings. The van der Waals surface area contributed by atoms with Gasteiger partial charge < -0.3 is 9.64 Å². The molecule has 0 spiro atoms. The lowest BCUT2D eigenvalue weighted by Gasteiger charge is -2.34. The Morgan fingerprint density at radius 1 is 1.36 bits per heavy atom. The Hall–Kier alpha value is -1.81. The van der Waals surface area contributed by atoms with Crippen LogP contribution in [0.5, 0.6) is 5.75 Å². The molecule has 0 N–H and O–H groups in total. The van der Waals surface area contributed by atoms with Gasteiger partial charge in [-0.1, -0.05) is 19.1 Å². The highest BCUT2D eigenvalue weighted by atomic mass is 32.1. The van der Waals surface area contributed by atoms with Gasteiger partial charge in [-0.15, -0.1) is 11.3 Å². The van der Waals surface area contributed by atoms with E-state index in [1.165, 1.54) is 10.4 Å². The van der Waals surface area contributed by atoms with Crippen LogP contribution in [0.4, 0.5) is 5.69 Å². The summed E-state index contributed by atoms with van der Waals surface area (Å²) >= 11 is 1.69. The van der Waals surface area contributed by atoms with Gasteiger partial charge in [-0.3, -0.25) is 4.79 Å². The smallest absolute Gasteiger partial charge is 0.232 e. The predicted molar refractivity (Wildman–Crippen MR) is 91.1 cm³/mol. The third-order valence-corrected chi connectivity index (χ3v) is 5.26. The molecule has 4 heteroatoms. The molecular formula is C18H21NO2S. The van der Waals surface area contributed by atoms with Gasteiger partial charge in [0.25, 0.3) is 0 Å². The van der Waals surface area contributed by atoms with Gasteiger partial charge in [-0.05, 0) is 43.0 Å². The number of nitrogens with zero attached hydrogens (tertiary/aromatic N) is 1. The number of thiophene rings is 1. The first-order chi connectivity index (χ1) is 10.6. The minimum Gasteiger partial charge on any atom is -0.495 e. The van der Waals surface area contributed by atoms with Gasteiger partial charge in [0.2, 0.25) is 5.91 Å². The number of para-hydroxylation sites is 1. The molecule has 0 bridgehead atoms. The first-order valence-corrected chi connectivity index (χ1v) is 8.44. The molecule has 1 aliphatic rings. The molecular weight excluding hydrogens is 294 g/mol. The largest absolute Gasteiger partial charge is 0.495 e. The first kappa shape index (κ1) is 15.1. The fourth-order valence-corrected chi connectivity index (χ4v) is 3.94. The Bertz CT molecular complexity index is 692. The number of amides is 1. The quantitative estimate of drug-likeness (QED) is 0.851. The number of anilines is 1. The van der Waals surface area contributed by atoms with Crippen molar-refractivity contribution >= 4 is 22.9 Å². The minimum absolute atomic E-state index is 0.152. The Kier molecular flexibility index (Phi) is 4.21. The maximum absolute atomic E-state index is 12.8. The number of hydrogen-bond acceptors (Lipinski definition) is 3. The van der Waals surface area contributed by atoms with Gasteiger partial charge in [-0.2, -0.15) is 0 Å². The van der Waals surface area contributed by atoms with Gasteiger partial charge in [0.1, 0.15) is 5.75 Å². The molecule has 1 aliphatic heterocycles. The maximum atomic E-state index is 12.8. The summed E-state index contributed by atoms with van der Waals surface area (Å²) in [4.78, 5) is 17.1. The van der Waals surface area contributed by atoms with Crippen LogP contribution in [0.2, 0.25) is 0 Å². The van der Waals surface area contributed by atoms with Crippen LogP contribution in [0, 0.1) is 6.92 Å². The second-order valence-corrected chi connectivity index (χ2v) is 7.19. The maximum Gasteiger partial charge on any atom is 0.232 e. The number of carbonyl (C=O) groups excluding carboxylic acids is 1. The van der Waals surface area contributed by atoms with Gasteiger partial charge >= 0.3 is 0 Å². The number of hydrogen-bond donors (Lipinski definition) is 0. The molecule has 1 atom stereocenters. The van der Waals surface area contributed by atoms with Crippen LogP contribution in [0.25, 0.3) is 0 Å². The Morgan fingerprint density at radius 2 is 2.18 bits per heavy atom. The van der Waals surface area contributed by atoms with E-state index in [2.05, 4.69) is 26.0 Å². The van der Waals surface area contributed by atoms with Crippen molar-refractivity contribution in [3.8, 4) is 5.75 Å². The summed E-state index contributed by atoms with van der Waals surface area (Å²) in [6.45, 7) is 5.04. The van der Waals surface area contributed by atoms with E-state index in [0.29, 0.717) is 12.3 Å². The number of ether oxygens (including phenoxy) is 1. The second kappa shape index (κ2) is 6.13. The average Bonchev–Trinajstić information content (AvgIpc) is 2.92. The van der Waals surface area contributed by atoms with Crippen LogP contribution in [0.15, 0.2) is 30.3 Å². The molecule has 22 heavy (non-hydrogen) atoms. The third-order valence-electron chi connectivity index (χ3n) is 4.26. The molecule has 1 aromatic heterocycles. The minimum atomic E-state index is 0.152. The van der Waals surface area contributed by atoms with Gasteiger partial charge in [0.15, 0.2) is 0 Å². The summed E-state index contributed by atoms with van der Waals surface area (Å²) in [7, 11) is 1.67. The predicted octanol–water partition coefficient (Wildman–Crippen LogP) is 4.15. The highest BCUT2D eigenvalue weighted by Crippen LogP contribution is 2.41. The fraction of sp³-hybridized carbons (Fsp3) is 0.389. The molecule has 3 nitrogen and oxygen atoms in total. The highest BCUT2D eigenvalue weighted by molar-refractivity contribution is 7.12. The Morgan fingerprint density at radius 3 is 2.86 bits per heavy atom. The van der Waals surface area contributed by atoms with Crippen molar-refractivity contribution in [3.63, 3.8) is 0 Å². The third kappa shape index (κ3) is 2.75. The van der Waals surface area contributed by atoms with Crippen LogP contribution in [-0.2, 0) is 11.2 Å². The lowest BCUT2D eigenvalue weighted by Crippen LogP contribution is -2.37. The normalized spacial score (nSPS) is 17.2. The van der Waals surface area contributed by atoms with E-state index in [4.69, 9.17) is 4.74 Å². The van der Waals surface area contributed by atoms with E-state index >= 15 is 0 Å². The summed E-state index contributed by atoms with van der Waals surface area (Å²) in [5, 5.41) is 0. The number of benzene rings is 1. The van der Waals surface area contributed by atoms with E-state index in [0.717, 1.165) is 29.3 Å². The zero-order valence-electron chi connectivity index (χ0n) is 13.3. The number of aryl methyl sites for hydroxylation is 1. The van der Waals surface area contributed by atoms with Crippen LogP contribution in [-0.4, -0.2) is 19.6 Å². The zero-order chi connectivity index (χ0) is 15.7. The Balaban J connectivity index is 1.92. The summed E-state index contributed by atoms with van der Waals surface area (Å²) in [5.41, 5.74) is 2.17. The van der Waals surface area contributed by atoms with E-state index in [-0.39, 0.29) is 5.91 Å². The highest BCUT2D eigenvalue weighted by Gasteiger charge is 2.29. The molecule has 1 amide bonds. The van der Waals surface area contributed by atoms with Crippen molar-refractivity contribution in [1.82, 2.24) is 0 Å². The standard InChI is InChI=1S/C18H21NO2S/c1-12-9-10-19(17(20)11-14-8-7-13(2)22-14)18-15(12)5-4-6-16(18)21-3/h4-8,12H,9-11H2,1-3H3/t12-/m0/s1. The SMILES string of the molecule is COc1cccc2c1N(C(=O)Cc1ccc(C)s1)CC[C@@H]2C. The molecule has 3 rings (SSSR count). The van der Waals surface area contributed by atoms with Crippen LogP contribution in [0.3, 0.4) is 0 Å². The summed E-state index contributed by atoms with van der Waals surface area (Å²) in [6.07, 6.45) is 1.46. The van der Waals surface area contributed by atoms with Gasteiger partial charge in [0, 0.05) is 16.3 Å². The summed E-state index contributed by atoms with van der Waals surface area (Å²) in [6, 6.07) is 10.2. The van der Waals surface area contributed by atoms with E-state index in [1.807, 2.05) is 23.1 Å². The summed E-state index contributed by atoms with van der Waals surface area (Å²) in [5.74, 6) is 1.40. The van der Waals surface area contributed by atoms with Crippen LogP contribution >= 0.6 is 11.3 Å². The van der Waals surface area contributed by atoms with Crippen molar-refractivity contribution in [1.29, 1.82) is 0 Å². The van der Waals surface area contributed by atoms with Crippen molar-refractivity contribution in [2.24, 2.45) is 0 Å². The lowest BCUT2D eigenvalue weighted by molar-refractivity contribution is -0.118. The summed E-state index contributed by atoms with van der Waals surface area (Å²) < 4.78 is 5.50. The van der Waals surface area contributed by atoms with Gasteiger partial charge in [-0.25, -0.2) is 0 Å². The number of carbonyl (C=O) groups is 1. The van der Waals surface area contributed by atoms with E-state index in [9.17, 15) is 4.79 Å². The van der Waals surface area contributed by atoms with E-state index in [1.54, 1.807) is 18.4 Å². The number of rotatable bonds is 3. The van der Waals surface area contributed by atoms with Crippen molar-refractivity contribution in [2.45, 2.75) is 32.6 Å². The van der Waals surface area contributed by atoms with Crippen molar-refractivity contribution < 1.29 is 9.53 Å². The van der Waals surface area contributed by atoms with Crippen LogP contribution < -0.4 is 9.64 Å². The topological polar surface area (TPSA) is 29.5 Å². The van der Waals surface area contributed by atoms with E-state index < -0.39 is 0 Å². The molecule has 0 saturated heterocycles. The fourth-order valence-electron chi connectivity index (χ4n) is 3.05. The first-order valence-electron chi connectivity index (χ1n) is 7.62. The van der Waals surface area contributed by atoms with Crippen molar-refractivity contribution in [3.05, 3.63) is 45.6 Å². The van der Waals surface area contributed by atoms with Crippen molar-refractivity contribution in [2.75, 3.05) is 18.6 Å². The van der Waals surface area contributed by atoms with Gasteiger partial charge in [0.05, 0.1) is 19.2 Å². The zero-order valence-corrected chi connectivity index (χ0v) is 14.1. The molecule has 116 valence electrons. The lowest BCUT2D eigenvalue weighted by atomic mass is 9.91. The molecule has 0 saturated carbocycles. The molecule has 1 aromatic carbocycles.